The van der Waals surface area contributed by atoms with Gasteiger partial charge in [0.25, 0.3) is 0 Å². The number of nitrogens with zero attached hydrogens (tertiary/aromatic N) is 1. The molecule has 1 unspecified atom stereocenters. The van der Waals surface area contributed by atoms with Crippen LogP contribution in [0.25, 0.3) is 0 Å². The molecular weight excluding hydrogens is 279 g/mol. The topological polar surface area (TPSA) is 23.5 Å². The van der Waals surface area contributed by atoms with Crippen LogP contribution in [0.1, 0.15) is 17.2 Å². The van der Waals surface area contributed by atoms with E-state index in [-0.39, 0.29) is 12.1 Å². The molecule has 0 aliphatic rings. The summed E-state index contributed by atoms with van der Waals surface area (Å²) in [6.45, 7) is 0.503. The molecule has 1 N–H and O–H groups in total. The molecule has 0 aromatic heterocycles. The zero-order chi connectivity index (χ0) is 15.4. The number of likely N-dealkylation sites (N-methyl/N-ethyl adjacent to an activating group) is 1. The Kier molecular flexibility index (Phi) is 4.98. The Morgan fingerprint density at radius 2 is 1.71 bits per heavy atom. The molecular formula is C16H16F3NO. The van der Waals surface area contributed by atoms with Crippen molar-refractivity contribution in [3.05, 3.63) is 71.0 Å². The van der Waals surface area contributed by atoms with Gasteiger partial charge in [-0.1, -0.05) is 24.3 Å². The number of hydrogen-bond acceptors (Lipinski definition) is 2. The van der Waals surface area contributed by atoms with E-state index in [1.807, 2.05) is 0 Å². The summed E-state index contributed by atoms with van der Waals surface area (Å²) in [6.07, 6.45) is -0.985. The van der Waals surface area contributed by atoms with Crippen molar-refractivity contribution in [1.82, 2.24) is 4.90 Å². The highest BCUT2D eigenvalue weighted by atomic mass is 19.2. The van der Waals surface area contributed by atoms with Crippen LogP contribution in [0.5, 0.6) is 0 Å². The number of aliphatic hydroxyl groups excluding tert-OH is 1. The molecule has 2 rings (SSSR count). The first-order valence-corrected chi connectivity index (χ1v) is 6.52. The predicted octanol–water partition coefficient (Wildman–Crippen LogP) is 3.27. The Labute approximate surface area is 121 Å². The molecule has 2 nitrogen and oxygen atoms in total. The lowest BCUT2D eigenvalue weighted by molar-refractivity contribution is 0.120. The highest BCUT2D eigenvalue weighted by Crippen LogP contribution is 2.18. The van der Waals surface area contributed by atoms with Crippen molar-refractivity contribution in [3.63, 3.8) is 0 Å². The predicted molar refractivity (Wildman–Crippen MR) is 74.1 cm³/mol. The molecule has 0 saturated heterocycles. The molecule has 5 heteroatoms. The molecule has 0 aliphatic carbocycles. The van der Waals surface area contributed by atoms with Gasteiger partial charge < -0.3 is 5.11 Å². The summed E-state index contributed by atoms with van der Waals surface area (Å²) in [5, 5.41) is 10.0. The lowest BCUT2D eigenvalue weighted by Crippen LogP contribution is -2.24. The highest BCUT2D eigenvalue weighted by molar-refractivity contribution is 5.20. The third kappa shape index (κ3) is 4.06. The molecule has 2 aromatic carbocycles. The van der Waals surface area contributed by atoms with E-state index in [1.165, 1.54) is 18.2 Å². The van der Waals surface area contributed by atoms with Crippen LogP contribution in [-0.4, -0.2) is 23.6 Å². The van der Waals surface area contributed by atoms with Gasteiger partial charge in [-0.3, -0.25) is 4.90 Å². The monoisotopic (exact) mass is 295 g/mol. The van der Waals surface area contributed by atoms with E-state index >= 15 is 0 Å². The minimum Gasteiger partial charge on any atom is -0.387 e. The summed E-state index contributed by atoms with van der Waals surface area (Å²) in [7, 11) is 1.71. The average Bonchev–Trinajstić information content (AvgIpc) is 2.43. The van der Waals surface area contributed by atoms with Crippen molar-refractivity contribution in [3.8, 4) is 0 Å². The summed E-state index contributed by atoms with van der Waals surface area (Å²) in [5.74, 6) is -2.27. The third-order valence-corrected chi connectivity index (χ3v) is 3.19. The Morgan fingerprint density at radius 3 is 2.38 bits per heavy atom. The molecule has 1 atom stereocenters. The van der Waals surface area contributed by atoms with Gasteiger partial charge in [-0.2, -0.15) is 0 Å². The van der Waals surface area contributed by atoms with Gasteiger partial charge in [0.2, 0.25) is 0 Å². The second-order valence-corrected chi connectivity index (χ2v) is 4.98. The van der Waals surface area contributed by atoms with Crippen molar-refractivity contribution in [2.45, 2.75) is 12.6 Å². The molecule has 0 amide bonds. The molecule has 21 heavy (non-hydrogen) atoms. The normalized spacial score (nSPS) is 12.7. The van der Waals surface area contributed by atoms with Gasteiger partial charge in [-0.25, -0.2) is 13.2 Å². The smallest absolute Gasteiger partial charge is 0.159 e. The first-order valence-electron chi connectivity index (χ1n) is 6.52. The number of halogens is 3. The summed E-state index contributed by atoms with van der Waals surface area (Å²) in [6, 6.07) is 9.66. The Hall–Kier alpha value is -1.85. The first kappa shape index (κ1) is 15.5. The van der Waals surface area contributed by atoms with E-state index in [9.17, 15) is 18.3 Å². The van der Waals surface area contributed by atoms with E-state index in [4.69, 9.17) is 0 Å². The van der Waals surface area contributed by atoms with Crippen molar-refractivity contribution >= 4 is 0 Å². The molecule has 0 heterocycles. The SMILES string of the molecule is CN(Cc1ccc(F)c(F)c1)CC(O)c1ccccc1F. The van der Waals surface area contributed by atoms with Crippen LogP contribution in [0.4, 0.5) is 13.2 Å². The fourth-order valence-corrected chi connectivity index (χ4v) is 2.15. The van der Waals surface area contributed by atoms with Crippen LogP contribution < -0.4 is 0 Å². The fourth-order valence-electron chi connectivity index (χ4n) is 2.15. The second kappa shape index (κ2) is 6.74. The highest BCUT2D eigenvalue weighted by Gasteiger charge is 2.15. The van der Waals surface area contributed by atoms with Crippen molar-refractivity contribution in [2.24, 2.45) is 0 Å². The van der Waals surface area contributed by atoms with E-state index in [1.54, 1.807) is 24.1 Å². The maximum Gasteiger partial charge on any atom is 0.159 e. The van der Waals surface area contributed by atoms with Gasteiger partial charge in [0.05, 0.1) is 6.10 Å². The van der Waals surface area contributed by atoms with Gasteiger partial charge >= 0.3 is 0 Å². The molecule has 0 fully saturated rings. The van der Waals surface area contributed by atoms with E-state index in [2.05, 4.69) is 0 Å². The number of rotatable bonds is 5. The Bertz CT molecular complexity index is 618. The minimum absolute atomic E-state index is 0.180. The van der Waals surface area contributed by atoms with Crippen LogP contribution in [0, 0.1) is 17.5 Å². The van der Waals surface area contributed by atoms with Gasteiger partial charge in [0, 0.05) is 18.7 Å². The summed E-state index contributed by atoms with van der Waals surface area (Å²) in [5.41, 5.74) is 0.798. The van der Waals surface area contributed by atoms with E-state index < -0.39 is 23.6 Å². The fraction of sp³-hybridized carbons (Fsp3) is 0.250. The number of aliphatic hydroxyl groups is 1. The van der Waals surface area contributed by atoms with Crippen LogP contribution >= 0.6 is 0 Å². The third-order valence-electron chi connectivity index (χ3n) is 3.19. The van der Waals surface area contributed by atoms with Crippen molar-refractivity contribution in [2.75, 3.05) is 13.6 Å². The number of benzene rings is 2. The minimum atomic E-state index is -0.985. The molecule has 0 bridgehead atoms. The molecule has 112 valence electrons. The first-order chi connectivity index (χ1) is 9.97. The van der Waals surface area contributed by atoms with Crippen LogP contribution in [0.3, 0.4) is 0 Å². The lowest BCUT2D eigenvalue weighted by atomic mass is 10.1. The molecule has 0 spiro atoms. The molecule has 0 saturated carbocycles. The van der Waals surface area contributed by atoms with Gasteiger partial charge in [0.15, 0.2) is 11.6 Å². The molecule has 0 aliphatic heterocycles. The maximum absolute atomic E-state index is 13.5. The van der Waals surface area contributed by atoms with Gasteiger partial charge in [0.1, 0.15) is 5.82 Å². The average molecular weight is 295 g/mol. The summed E-state index contributed by atoms with van der Waals surface area (Å²) in [4.78, 5) is 1.71. The summed E-state index contributed by atoms with van der Waals surface area (Å²) >= 11 is 0. The van der Waals surface area contributed by atoms with Crippen LogP contribution in [0.15, 0.2) is 42.5 Å². The number of hydrogen-bond donors (Lipinski definition) is 1. The lowest BCUT2D eigenvalue weighted by Gasteiger charge is -2.21. The zero-order valence-corrected chi connectivity index (χ0v) is 11.6. The van der Waals surface area contributed by atoms with Gasteiger partial charge in [-0.05, 0) is 30.8 Å². The quantitative estimate of drug-likeness (QED) is 0.915. The summed E-state index contributed by atoms with van der Waals surface area (Å²) < 4.78 is 39.5. The zero-order valence-electron chi connectivity index (χ0n) is 11.6. The van der Waals surface area contributed by atoms with Crippen molar-refractivity contribution in [1.29, 1.82) is 0 Å². The van der Waals surface area contributed by atoms with Crippen LogP contribution in [-0.2, 0) is 6.54 Å². The van der Waals surface area contributed by atoms with E-state index in [0.717, 1.165) is 12.1 Å². The Morgan fingerprint density at radius 1 is 1.00 bits per heavy atom. The molecule has 0 radical (unpaired) electrons. The standard InChI is InChI=1S/C16H16F3NO/c1-20(9-11-6-7-14(18)15(19)8-11)10-16(21)12-4-2-3-5-13(12)17/h2-8,16,21H,9-10H2,1H3. The molecule has 2 aromatic rings. The maximum atomic E-state index is 13.5. The van der Waals surface area contributed by atoms with Crippen molar-refractivity contribution < 1.29 is 18.3 Å². The Balaban J connectivity index is 1.99. The second-order valence-electron chi connectivity index (χ2n) is 4.98. The largest absolute Gasteiger partial charge is 0.387 e. The van der Waals surface area contributed by atoms with E-state index in [0.29, 0.717) is 12.1 Å². The van der Waals surface area contributed by atoms with Crippen LogP contribution in [0.2, 0.25) is 0 Å². The van der Waals surface area contributed by atoms with Gasteiger partial charge in [-0.15, -0.1) is 0 Å².